The van der Waals surface area contributed by atoms with Gasteiger partial charge in [-0.15, -0.1) is 0 Å². The van der Waals surface area contributed by atoms with Crippen LogP contribution in [0.5, 0.6) is 5.75 Å². The minimum absolute atomic E-state index is 0.149. The zero-order valence-corrected chi connectivity index (χ0v) is 20.2. The number of hydrogen-bond donors (Lipinski definition) is 2. The van der Waals surface area contributed by atoms with Gasteiger partial charge in [0.15, 0.2) is 5.58 Å². The monoisotopic (exact) mass is 516 g/mol. The summed E-state index contributed by atoms with van der Waals surface area (Å²) >= 11 is 6.33. The van der Waals surface area contributed by atoms with E-state index in [0.717, 1.165) is 68.6 Å². The molecule has 2 aliphatic rings. The molecular weight excluding hydrogens is 491 g/mol. The summed E-state index contributed by atoms with van der Waals surface area (Å²) in [5.41, 5.74) is 2.48. The number of carboxylic acids is 2. The van der Waals surface area contributed by atoms with E-state index in [0.29, 0.717) is 22.8 Å². The van der Waals surface area contributed by atoms with Crippen molar-refractivity contribution < 1.29 is 33.5 Å². The molecule has 1 atom stereocenters. The van der Waals surface area contributed by atoms with Crippen LogP contribution in [0.15, 0.2) is 53.1 Å². The van der Waals surface area contributed by atoms with Gasteiger partial charge in [0.25, 0.3) is 0 Å². The lowest BCUT2D eigenvalue weighted by Gasteiger charge is -2.39. The number of ether oxygens (including phenoxy) is 1. The lowest BCUT2D eigenvalue weighted by atomic mass is 9.88. The maximum absolute atomic E-state index is 13.3. The number of benzene rings is 2. The van der Waals surface area contributed by atoms with E-state index in [4.69, 9.17) is 31.1 Å². The largest absolute Gasteiger partial charge is 0.484 e. The van der Waals surface area contributed by atoms with Crippen LogP contribution in [0.1, 0.15) is 30.5 Å². The van der Waals surface area contributed by atoms with Crippen molar-refractivity contribution in [1.29, 1.82) is 0 Å². The van der Waals surface area contributed by atoms with Crippen LogP contribution in [0, 0.1) is 5.82 Å². The number of piperidine rings is 1. The molecule has 0 radical (unpaired) electrons. The lowest BCUT2D eigenvalue weighted by molar-refractivity contribution is -0.134. The van der Waals surface area contributed by atoms with Crippen LogP contribution in [0.4, 0.5) is 4.39 Å². The minimum atomic E-state index is -1.26. The fraction of sp³-hybridized carbons (Fsp3) is 0.346. The Labute approximate surface area is 211 Å². The lowest BCUT2D eigenvalue weighted by Crippen LogP contribution is -2.51. The summed E-state index contributed by atoms with van der Waals surface area (Å²) in [6.07, 6.45) is 6.02. The highest BCUT2D eigenvalue weighted by molar-refractivity contribution is 6.32. The molecule has 0 amide bonds. The van der Waals surface area contributed by atoms with Gasteiger partial charge in [0, 0.05) is 36.6 Å². The van der Waals surface area contributed by atoms with Gasteiger partial charge >= 0.3 is 11.9 Å². The highest BCUT2D eigenvalue weighted by Gasteiger charge is 2.43. The van der Waals surface area contributed by atoms with E-state index in [2.05, 4.69) is 16.1 Å². The molecule has 2 aromatic carbocycles. The Bertz CT molecular complexity index is 1280. The second kappa shape index (κ2) is 11.1. The molecule has 0 aliphatic carbocycles. The van der Waals surface area contributed by atoms with E-state index in [9.17, 15) is 14.0 Å². The van der Waals surface area contributed by atoms with Gasteiger partial charge < -0.3 is 19.5 Å². The number of para-hydroxylation sites is 1. The van der Waals surface area contributed by atoms with Gasteiger partial charge in [-0.25, -0.2) is 14.0 Å². The Morgan fingerprint density at radius 1 is 1.19 bits per heavy atom. The van der Waals surface area contributed by atoms with Gasteiger partial charge in [-0.05, 0) is 62.5 Å². The molecule has 2 aliphatic heterocycles. The maximum atomic E-state index is 13.3. The Kier molecular flexibility index (Phi) is 7.91. The predicted octanol–water partition coefficient (Wildman–Crippen LogP) is 4.73. The highest BCUT2D eigenvalue weighted by atomic mass is 35.5. The predicted molar refractivity (Wildman–Crippen MR) is 131 cm³/mol. The number of aromatic nitrogens is 1. The van der Waals surface area contributed by atoms with E-state index in [-0.39, 0.29) is 11.4 Å². The molecule has 3 aromatic rings. The number of rotatable bonds is 6. The smallest absolute Gasteiger partial charge is 0.328 e. The second-order valence-corrected chi connectivity index (χ2v) is 9.36. The molecule has 2 N–H and O–H groups in total. The van der Waals surface area contributed by atoms with Crippen LogP contribution in [0.3, 0.4) is 0 Å². The third kappa shape index (κ3) is 6.22. The van der Waals surface area contributed by atoms with Crippen molar-refractivity contribution in [3.05, 3.63) is 70.6 Å². The maximum Gasteiger partial charge on any atom is 0.328 e. The molecule has 1 aromatic heterocycles. The summed E-state index contributed by atoms with van der Waals surface area (Å²) in [7, 11) is 0. The van der Waals surface area contributed by atoms with Crippen molar-refractivity contribution in [2.45, 2.75) is 37.7 Å². The first-order chi connectivity index (χ1) is 17.2. The van der Waals surface area contributed by atoms with Gasteiger partial charge in [0.05, 0.1) is 10.7 Å². The van der Waals surface area contributed by atoms with Crippen molar-refractivity contribution in [3.8, 4) is 5.75 Å². The molecule has 1 spiro atoms. The average molecular weight is 517 g/mol. The summed E-state index contributed by atoms with van der Waals surface area (Å²) in [5, 5.41) is 21.4. The third-order valence-corrected chi connectivity index (χ3v) is 6.56. The number of likely N-dealkylation sites (tertiary alicyclic amines) is 1. The first kappa shape index (κ1) is 25.7. The van der Waals surface area contributed by atoms with Crippen LogP contribution >= 0.6 is 11.6 Å². The first-order valence-electron chi connectivity index (χ1n) is 11.6. The normalized spacial score (nSPS) is 19.2. The van der Waals surface area contributed by atoms with E-state index in [1.807, 2.05) is 12.1 Å². The van der Waals surface area contributed by atoms with Crippen molar-refractivity contribution in [2.24, 2.45) is 0 Å². The van der Waals surface area contributed by atoms with Crippen molar-refractivity contribution in [2.75, 3.05) is 19.6 Å². The van der Waals surface area contributed by atoms with Gasteiger partial charge in [0.1, 0.15) is 17.2 Å². The standard InChI is InChI=1S/C22H22ClFN2O2.C4H4O4/c23-18-5-1-4-15-13-22(27-21(15)18)9-3-11-26(14-22)10-2-6-19-17-8-7-16(24)12-20(17)28-25-19;5-3(6)1-2-4(7)8/h1,4-5,7-8,12H,2-3,6,9-11,13-14H2;1-2H,(H,5,6)(H,7,8)/b;2-1-. The molecule has 0 bridgehead atoms. The number of hydrogen-bond acceptors (Lipinski definition) is 6. The zero-order chi connectivity index (χ0) is 25.7. The minimum Gasteiger partial charge on any atom is -0.484 e. The van der Waals surface area contributed by atoms with E-state index in [1.165, 1.54) is 17.7 Å². The molecule has 1 saturated heterocycles. The van der Waals surface area contributed by atoms with E-state index < -0.39 is 11.9 Å². The number of nitrogens with zero attached hydrogens (tertiary/aromatic N) is 2. The average Bonchev–Trinajstić information content (AvgIpc) is 3.39. The highest BCUT2D eigenvalue weighted by Crippen LogP contribution is 2.43. The van der Waals surface area contributed by atoms with Crippen molar-refractivity contribution >= 4 is 34.5 Å². The van der Waals surface area contributed by atoms with Crippen LogP contribution < -0.4 is 4.74 Å². The molecule has 3 heterocycles. The number of halogens is 2. The topological polar surface area (TPSA) is 113 Å². The summed E-state index contributed by atoms with van der Waals surface area (Å²) in [5.74, 6) is -1.95. The molecular formula is C26H26ClFN2O6. The van der Waals surface area contributed by atoms with Gasteiger partial charge in [0.2, 0.25) is 0 Å². The molecule has 190 valence electrons. The van der Waals surface area contributed by atoms with E-state index in [1.54, 1.807) is 6.07 Å². The Balaban J connectivity index is 0.000000331. The van der Waals surface area contributed by atoms with Crippen LogP contribution in [0.2, 0.25) is 5.02 Å². The van der Waals surface area contributed by atoms with Crippen LogP contribution in [0.25, 0.3) is 11.0 Å². The molecule has 1 fully saturated rings. The third-order valence-electron chi connectivity index (χ3n) is 6.26. The van der Waals surface area contributed by atoms with Gasteiger partial charge in [-0.2, -0.15) is 0 Å². The molecule has 1 unspecified atom stereocenters. The molecule has 5 rings (SSSR count). The SMILES string of the molecule is Fc1ccc2c(CCCN3CCCC4(Cc5cccc(Cl)c5O4)C3)noc2c1.O=C(O)/C=C\C(=O)O. The molecule has 10 heteroatoms. The quantitative estimate of drug-likeness (QED) is 0.452. The summed E-state index contributed by atoms with van der Waals surface area (Å²) in [4.78, 5) is 21.6. The summed E-state index contributed by atoms with van der Waals surface area (Å²) in [6.45, 7) is 2.98. The van der Waals surface area contributed by atoms with Crippen LogP contribution in [-0.2, 0) is 22.4 Å². The Hall–Kier alpha value is -3.43. The van der Waals surface area contributed by atoms with Gasteiger partial charge in [-0.1, -0.05) is 28.9 Å². The molecule has 8 nitrogen and oxygen atoms in total. The zero-order valence-electron chi connectivity index (χ0n) is 19.5. The fourth-order valence-electron chi connectivity index (χ4n) is 4.77. The Morgan fingerprint density at radius 3 is 2.69 bits per heavy atom. The van der Waals surface area contributed by atoms with Crippen LogP contribution in [-0.4, -0.2) is 57.4 Å². The fourth-order valence-corrected chi connectivity index (χ4v) is 5.00. The number of aryl methyl sites for hydroxylation is 1. The van der Waals surface area contributed by atoms with Crippen molar-refractivity contribution in [1.82, 2.24) is 10.1 Å². The molecule has 36 heavy (non-hydrogen) atoms. The first-order valence-corrected chi connectivity index (χ1v) is 12.0. The second-order valence-electron chi connectivity index (χ2n) is 8.95. The molecule has 0 saturated carbocycles. The number of fused-ring (bicyclic) bond motifs is 2. The Morgan fingerprint density at radius 2 is 1.97 bits per heavy atom. The van der Waals surface area contributed by atoms with Crippen molar-refractivity contribution in [3.63, 3.8) is 0 Å². The van der Waals surface area contributed by atoms with Gasteiger partial charge in [-0.3, -0.25) is 4.90 Å². The summed E-state index contributed by atoms with van der Waals surface area (Å²) in [6, 6.07) is 10.6. The number of carbonyl (C=O) groups is 2. The number of aliphatic carboxylic acids is 2. The number of carboxylic acid groups (broad SMARTS) is 2. The summed E-state index contributed by atoms with van der Waals surface area (Å²) < 4.78 is 24.9. The van der Waals surface area contributed by atoms with E-state index >= 15 is 0 Å².